The summed E-state index contributed by atoms with van der Waals surface area (Å²) in [6.07, 6.45) is 5.64. The second kappa shape index (κ2) is 5.48. The van der Waals surface area contributed by atoms with Gasteiger partial charge in [-0.15, -0.1) is 0 Å². The predicted octanol–water partition coefficient (Wildman–Crippen LogP) is 1.92. The predicted molar refractivity (Wildman–Crippen MR) is 73.9 cm³/mol. The number of ether oxygens (including phenoxy) is 1. The monoisotopic (exact) mass is 275 g/mol. The van der Waals surface area contributed by atoms with E-state index in [4.69, 9.17) is 4.74 Å². The number of nitrogens with zero attached hydrogens (tertiary/aromatic N) is 2. The highest BCUT2D eigenvalue weighted by molar-refractivity contribution is 5.81. The van der Waals surface area contributed by atoms with Gasteiger partial charge < -0.3 is 10.1 Å². The third-order valence-corrected chi connectivity index (χ3v) is 4.01. The van der Waals surface area contributed by atoms with Crippen LogP contribution in [0.15, 0.2) is 12.3 Å². The van der Waals surface area contributed by atoms with Crippen LogP contribution in [0.1, 0.15) is 50.2 Å². The van der Waals surface area contributed by atoms with Gasteiger partial charge in [-0.3, -0.25) is 4.79 Å². The number of amides is 1. The van der Waals surface area contributed by atoms with Gasteiger partial charge in [0, 0.05) is 11.9 Å². The summed E-state index contributed by atoms with van der Waals surface area (Å²) >= 11 is 0. The summed E-state index contributed by atoms with van der Waals surface area (Å²) in [4.78, 5) is 21.1. The molecule has 2 fully saturated rings. The minimum atomic E-state index is -0.309. The zero-order chi connectivity index (χ0) is 14.1. The molecular formula is C15H21N3O2. The molecule has 1 aromatic heterocycles. The van der Waals surface area contributed by atoms with Crippen LogP contribution in [0.25, 0.3) is 0 Å². The van der Waals surface area contributed by atoms with E-state index in [1.165, 1.54) is 0 Å². The van der Waals surface area contributed by atoms with Crippen molar-refractivity contribution in [2.45, 2.75) is 57.8 Å². The van der Waals surface area contributed by atoms with Crippen molar-refractivity contribution in [1.29, 1.82) is 0 Å². The van der Waals surface area contributed by atoms with E-state index >= 15 is 0 Å². The number of hydrogen-bond donors (Lipinski definition) is 1. The normalized spacial score (nSPS) is 27.3. The molecule has 1 amide bonds. The van der Waals surface area contributed by atoms with Gasteiger partial charge in [-0.1, -0.05) is 0 Å². The molecule has 0 bridgehead atoms. The van der Waals surface area contributed by atoms with E-state index < -0.39 is 0 Å². The summed E-state index contributed by atoms with van der Waals surface area (Å²) in [6, 6.07) is 1.80. The number of aromatic nitrogens is 2. The topological polar surface area (TPSA) is 64.1 Å². The second-order valence-electron chi connectivity index (χ2n) is 5.89. The maximum Gasteiger partial charge on any atom is 0.249 e. The fourth-order valence-corrected chi connectivity index (χ4v) is 2.68. The number of rotatable bonds is 4. The van der Waals surface area contributed by atoms with Crippen molar-refractivity contribution in [2.24, 2.45) is 5.92 Å². The molecule has 1 aliphatic heterocycles. The van der Waals surface area contributed by atoms with Crippen molar-refractivity contribution in [2.75, 3.05) is 0 Å². The Morgan fingerprint density at radius 1 is 1.40 bits per heavy atom. The Morgan fingerprint density at radius 2 is 2.20 bits per heavy atom. The van der Waals surface area contributed by atoms with Crippen LogP contribution < -0.4 is 5.32 Å². The van der Waals surface area contributed by atoms with Gasteiger partial charge in [-0.2, -0.15) is 0 Å². The van der Waals surface area contributed by atoms with E-state index in [0.29, 0.717) is 5.92 Å². The molecule has 2 heterocycles. The standard InChI is InChI=1S/C15H21N3O2/c1-9-7-8-16-14(17-9)13(11-4-5-11)18-15(19)12-6-3-10(2)20-12/h7-8,10-13H,3-6H2,1-2H3,(H,18,19)/t10-,12-,13+/m0/s1. The molecule has 1 saturated carbocycles. The largest absolute Gasteiger partial charge is 0.365 e. The smallest absolute Gasteiger partial charge is 0.249 e. The maximum absolute atomic E-state index is 12.3. The first-order valence-electron chi connectivity index (χ1n) is 7.39. The second-order valence-corrected chi connectivity index (χ2v) is 5.89. The van der Waals surface area contributed by atoms with Crippen LogP contribution in [0.4, 0.5) is 0 Å². The van der Waals surface area contributed by atoms with Crippen LogP contribution in [0.5, 0.6) is 0 Å². The van der Waals surface area contributed by atoms with E-state index in [9.17, 15) is 4.79 Å². The van der Waals surface area contributed by atoms with Gasteiger partial charge >= 0.3 is 0 Å². The Labute approximate surface area is 119 Å². The van der Waals surface area contributed by atoms with Crippen LogP contribution in [0.2, 0.25) is 0 Å². The summed E-state index contributed by atoms with van der Waals surface area (Å²) < 4.78 is 5.63. The molecule has 0 spiro atoms. The third-order valence-electron chi connectivity index (χ3n) is 4.01. The summed E-state index contributed by atoms with van der Waals surface area (Å²) in [7, 11) is 0. The minimum Gasteiger partial charge on any atom is -0.365 e. The van der Waals surface area contributed by atoms with Crippen molar-refractivity contribution in [3.63, 3.8) is 0 Å². The minimum absolute atomic E-state index is 0.0173. The van der Waals surface area contributed by atoms with Gasteiger partial charge in [0.25, 0.3) is 0 Å². The average molecular weight is 275 g/mol. The molecule has 5 heteroatoms. The maximum atomic E-state index is 12.3. The highest BCUT2D eigenvalue weighted by atomic mass is 16.5. The van der Waals surface area contributed by atoms with Crippen molar-refractivity contribution in [1.82, 2.24) is 15.3 Å². The lowest BCUT2D eigenvalue weighted by atomic mass is 10.1. The Hall–Kier alpha value is -1.49. The first kappa shape index (κ1) is 13.5. The molecule has 2 aliphatic rings. The van der Waals surface area contributed by atoms with Crippen molar-refractivity contribution in [3.8, 4) is 0 Å². The SMILES string of the molecule is Cc1ccnc([C@H](NC(=O)[C@@H]2CC[C@H](C)O2)C2CC2)n1. The summed E-state index contributed by atoms with van der Waals surface area (Å²) in [6.45, 7) is 3.95. The average Bonchev–Trinajstić information content (AvgIpc) is 3.17. The van der Waals surface area contributed by atoms with Gasteiger partial charge in [-0.25, -0.2) is 9.97 Å². The number of carbonyl (C=O) groups is 1. The number of carbonyl (C=O) groups excluding carboxylic acids is 1. The molecule has 1 saturated heterocycles. The molecule has 1 N–H and O–H groups in total. The lowest BCUT2D eigenvalue weighted by molar-refractivity contribution is -0.132. The molecule has 108 valence electrons. The first-order chi connectivity index (χ1) is 9.63. The molecule has 3 rings (SSSR count). The van der Waals surface area contributed by atoms with Gasteiger partial charge in [0.1, 0.15) is 6.10 Å². The number of nitrogens with one attached hydrogen (secondary N) is 1. The van der Waals surface area contributed by atoms with Gasteiger partial charge in [-0.05, 0) is 51.5 Å². The van der Waals surface area contributed by atoms with Crippen LogP contribution in [0, 0.1) is 12.8 Å². The Bertz CT molecular complexity index is 502. The van der Waals surface area contributed by atoms with E-state index in [1.54, 1.807) is 6.20 Å². The molecule has 5 nitrogen and oxygen atoms in total. The first-order valence-corrected chi connectivity index (χ1v) is 7.39. The summed E-state index contributed by atoms with van der Waals surface area (Å²) in [5, 5.41) is 3.10. The fraction of sp³-hybridized carbons (Fsp3) is 0.667. The third kappa shape index (κ3) is 2.98. The Balaban J connectivity index is 1.70. The molecule has 0 aromatic carbocycles. The van der Waals surface area contributed by atoms with Gasteiger partial charge in [0.15, 0.2) is 5.82 Å². The molecule has 0 radical (unpaired) electrons. The van der Waals surface area contributed by atoms with E-state index in [2.05, 4.69) is 15.3 Å². The molecule has 1 aliphatic carbocycles. The van der Waals surface area contributed by atoms with E-state index in [1.807, 2.05) is 19.9 Å². The molecule has 3 atom stereocenters. The van der Waals surface area contributed by atoms with Crippen molar-refractivity contribution < 1.29 is 9.53 Å². The van der Waals surface area contributed by atoms with Crippen LogP contribution in [0.3, 0.4) is 0 Å². The Kier molecular flexibility index (Phi) is 3.70. The van der Waals surface area contributed by atoms with E-state index in [-0.39, 0.29) is 24.2 Å². The molecule has 20 heavy (non-hydrogen) atoms. The lowest BCUT2D eigenvalue weighted by Gasteiger charge is -2.19. The lowest BCUT2D eigenvalue weighted by Crippen LogP contribution is -2.38. The fourth-order valence-electron chi connectivity index (χ4n) is 2.68. The Morgan fingerprint density at radius 3 is 2.80 bits per heavy atom. The number of hydrogen-bond acceptors (Lipinski definition) is 4. The van der Waals surface area contributed by atoms with Crippen LogP contribution in [-0.2, 0) is 9.53 Å². The van der Waals surface area contributed by atoms with Crippen molar-refractivity contribution >= 4 is 5.91 Å². The number of aryl methyl sites for hydroxylation is 1. The zero-order valence-corrected chi connectivity index (χ0v) is 12.0. The quantitative estimate of drug-likeness (QED) is 0.911. The highest BCUT2D eigenvalue weighted by Gasteiger charge is 2.37. The zero-order valence-electron chi connectivity index (χ0n) is 12.0. The molecular weight excluding hydrogens is 254 g/mol. The summed E-state index contributed by atoms with van der Waals surface area (Å²) in [5.74, 6) is 1.18. The van der Waals surface area contributed by atoms with Crippen molar-refractivity contribution in [3.05, 3.63) is 23.8 Å². The molecule has 0 unspecified atom stereocenters. The van der Waals surface area contributed by atoms with E-state index in [0.717, 1.165) is 37.2 Å². The van der Waals surface area contributed by atoms with Crippen LogP contribution >= 0.6 is 0 Å². The summed E-state index contributed by atoms with van der Waals surface area (Å²) in [5.41, 5.74) is 0.931. The highest BCUT2D eigenvalue weighted by Crippen LogP contribution is 2.40. The van der Waals surface area contributed by atoms with Gasteiger partial charge in [0.2, 0.25) is 5.91 Å². The van der Waals surface area contributed by atoms with Gasteiger partial charge in [0.05, 0.1) is 12.1 Å². The molecule has 1 aromatic rings. The van der Waals surface area contributed by atoms with Crippen LogP contribution in [-0.4, -0.2) is 28.1 Å².